The van der Waals surface area contributed by atoms with Crippen molar-refractivity contribution in [1.82, 2.24) is 15.0 Å². The zero-order chi connectivity index (χ0) is 15.1. The summed E-state index contributed by atoms with van der Waals surface area (Å²) in [6.45, 7) is 6.82. The molecule has 1 aromatic heterocycles. The topological polar surface area (TPSA) is 66.7 Å². The van der Waals surface area contributed by atoms with E-state index < -0.39 is 6.04 Å². The number of piperazine rings is 1. The van der Waals surface area contributed by atoms with Crippen LogP contribution in [0.15, 0.2) is 10.6 Å². The minimum Gasteiger partial charge on any atom is -0.361 e. The molecule has 2 fully saturated rings. The normalized spacial score (nSPS) is 25.9. The van der Waals surface area contributed by atoms with Crippen molar-refractivity contribution in [3.63, 3.8) is 0 Å². The van der Waals surface area contributed by atoms with E-state index in [2.05, 4.69) is 5.16 Å². The van der Waals surface area contributed by atoms with Crippen LogP contribution >= 0.6 is 0 Å². The van der Waals surface area contributed by atoms with Crippen molar-refractivity contribution < 1.29 is 14.1 Å². The Kier molecular flexibility index (Phi) is 3.47. The summed E-state index contributed by atoms with van der Waals surface area (Å²) < 4.78 is 5.07. The van der Waals surface area contributed by atoms with Crippen molar-refractivity contribution in [3.8, 4) is 0 Å². The van der Waals surface area contributed by atoms with Crippen LogP contribution in [0.1, 0.15) is 38.1 Å². The average molecular weight is 291 g/mol. The largest absolute Gasteiger partial charge is 0.361 e. The number of rotatable bonds is 3. The highest BCUT2D eigenvalue weighted by Gasteiger charge is 2.48. The Morgan fingerprint density at radius 2 is 2.14 bits per heavy atom. The predicted octanol–water partition coefficient (Wildman–Crippen LogP) is 1.34. The predicted molar refractivity (Wildman–Crippen MR) is 75.2 cm³/mol. The van der Waals surface area contributed by atoms with Crippen LogP contribution in [0.4, 0.5) is 0 Å². The fourth-order valence-electron chi connectivity index (χ4n) is 3.41. The van der Waals surface area contributed by atoms with Crippen molar-refractivity contribution in [2.24, 2.45) is 5.92 Å². The van der Waals surface area contributed by atoms with Crippen LogP contribution in [-0.2, 0) is 16.1 Å². The van der Waals surface area contributed by atoms with Crippen LogP contribution in [-0.4, -0.2) is 45.4 Å². The van der Waals surface area contributed by atoms with Crippen LogP contribution in [0, 0.1) is 12.8 Å². The van der Waals surface area contributed by atoms with Crippen molar-refractivity contribution >= 4 is 11.8 Å². The Balaban J connectivity index is 1.90. The molecule has 2 amide bonds. The molecule has 0 spiro atoms. The van der Waals surface area contributed by atoms with E-state index in [1.807, 2.05) is 26.8 Å². The Morgan fingerprint density at radius 1 is 1.38 bits per heavy atom. The molecule has 0 aromatic carbocycles. The molecule has 21 heavy (non-hydrogen) atoms. The quantitative estimate of drug-likeness (QED) is 0.843. The third-order valence-electron chi connectivity index (χ3n) is 4.33. The zero-order valence-corrected chi connectivity index (χ0v) is 12.7. The van der Waals surface area contributed by atoms with E-state index in [0.29, 0.717) is 24.5 Å². The molecule has 0 N–H and O–H groups in total. The van der Waals surface area contributed by atoms with Gasteiger partial charge in [0.05, 0.1) is 6.54 Å². The van der Waals surface area contributed by atoms with Crippen LogP contribution in [0.2, 0.25) is 0 Å². The monoisotopic (exact) mass is 291 g/mol. The number of fused-ring (bicyclic) bond motifs is 1. The lowest BCUT2D eigenvalue weighted by Crippen LogP contribution is -2.63. The fourth-order valence-corrected chi connectivity index (χ4v) is 3.41. The number of carbonyl (C=O) groups excluding carboxylic acids is 2. The van der Waals surface area contributed by atoms with E-state index in [-0.39, 0.29) is 23.8 Å². The van der Waals surface area contributed by atoms with Crippen molar-refractivity contribution in [2.75, 3.05) is 6.54 Å². The van der Waals surface area contributed by atoms with E-state index in [4.69, 9.17) is 4.52 Å². The minimum atomic E-state index is -0.399. The van der Waals surface area contributed by atoms with Gasteiger partial charge in [0.15, 0.2) is 0 Å². The average Bonchev–Trinajstić information content (AvgIpc) is 3.04. The Hall–Kier alpha value is -1.85. The van der Waals surface area contributed by atoms with E-state index >= 15 is 0 Å². The third kappa shape index (κ3) is 2.32. The SMILES string of the molecule is Cc1cc(CN2C(=O)C3CCCN3C(=O)C2C(C)C)no1. The van der Waals surface area contributed by atoms with E-state index in [0.717, 1.165) is 12.8 Å². The second-order valence-electron chi connectivity index (χ2n) is 6.27. The van der Waals surface area contributed by atoms with Crippen LogP contribution in [0.5, 0.6) is 0 Å². The minimum absolute atomic E-state index is 0.0476. The van der Waals surface area contributed by atoms with E-state index in [9.17, 15) is 9.59 Å². The maximum atomic E-state index is 12.8. The summed E-state index contributed by atoms with van der Waals surface area (Å²) in [6.07, 6.45) is 1.67. The van der Waals surface area contributed by atoms with Crippen LogP contribution in [0.3, 0.4) is 0 Å². The molecule has 6 nitrogen and oxygen atoms in total. The number of amides is 2. The number of carbonyl (C=O) groups is 2. The molecular weight excluding hydrogens is 270 g/mol. The number of hydrogen-bond donors (Lipinski definition) is 0. The number of aromatic nitrogens is 1. The maximum absolute atomic E-state index is 12.8. The zero-order valence-electron chi connectivity index (χ0n) is 12.7. The van der Waals surface area contributed by atoms with Crippen molar-refractivity contribution in [2.45, 2.75) is 52.2 Å². The molecule has 0 radical (unpaired) electrons. The Bertz CT molecular complexity index is 566. The molecule has 3 heterocycles. The second-order valence-corrected chi connectivity index (χ2v) is 6.27. The summed E-state index contributed by atoms with van der Waals surface area (Å²) in [5.41, 5.74) is 0.700. The van der Waals surface area contributed by atoms with Crippen molar-refractivity contribution in [1.29, 1.82) is 0 Å². The van der Waals surface area contributed by atoms with Gasteiger partial charge in [0, 0.05) is 12.6 Å². The first-order valence-electron chi connectivity index (χ1n) is 7.52. The summed E-state index contributed by atoms with van der Waals surface area (Å²) in [5, 5.41) is 3.95. The van der Waals surface area contributed by atoms with E-state index in [1.165, 1.54) is 0 Å². The molecule has 1 aromatic rings. The van der Waals surface area contributed by atoms with Gasteiger partial charge in [-0.2, -0.15) is 0 Å². The molecule has 2 aliphatic heterocycles. The first-order valence-corrected chi connectivity index (χ1v) is 7.52. The summed E-state index contributed by atoms with van der Waals surface area (Å²) in [4.78, 5) is 28.9. The molecule has 2 aliphatic rings. The van der Waals surface area contributed by atoms with Crippen LogP contribution < -0.4 is 0 Å². The fraction of sp³-hybridized carbons (Fsp3) is 0.667. The number of aryl methyl sites for hydroxylation is 1. The van der Waals surface area contributed by atoms with Gasteiger partial charge in [-0.05, 0) is 25.7 Å². The highest BCUT2D eigenvalue weighted by Crippen LogP contribution is 2.30. The van der Waals surface area contributed by atoms with Gasteiger partial charge >= 0.3 is 0 Å². The molecule has 0 aliphatic carbocycles. The molecule has 2 saturated heterocycles. The number of nitrogens with zero attached hydrogens (tertiary/aromatic N) is 3. The van der Waals surface area contributed by atoms with Gasteiger partial charge in [0.25, 0.3) is 0 Å². The van der Waals surface area contributed by atoms with Gasteiger partial charge in [-0.15, -0.1) is 0 Å². The highest BCUT2D eigenvalue weighted by molar-refractivity contribution is 5.97. The molecule has 0 saturated carbocycles. The maximum Gasteiger partial charge on any atom is 0.246 e. The lowest BCUT2D eigenvalue weighted by molar-refractivity contribution is -0.162. The van der Waals surface area contributed by atoms with E-state index in [1.54, 1.807) is 9.80 Å². The molecule has 2 atom stereocenters. The Labute approximate surface area is 124 Å². The first-order chi connectivity index (χ1) is 9.99. The second kappa shape index (κ2) is 5.16. The molecule has 3 rings (SSSR count). The van der Waals surface area contributed by atoms with Gasteiger partial charge in [-0.1, -0.05) is 19.0 Å². The number of hydrogen-bond acceptors (Lipinski definition) is 4. The van der Waals surface area contributed by atoms with Gasteiger partial charge in [0.2, 0.25) is 11.8 Å². The highest BCUT2D eigenvalue weighted by atomic mass is 16.5. The molecule has 114 valence electrons. The van der Waals surface area contributed by atoms with Gasteiger partial charge in [0.1, 0.15) is 23.5 Å². The Morgan fingerprint density at radius 3 is 2.76 bits per heavy atom. The summed E-state index contributed by atoms with van der Waals surface area (Å²) in [6, 6.07) is 1.14. The molecule has 0 bridgehead atoms. The lowest BCUT2D eigenvalue weighted by Gasteiger charge is -2.43. The first kappa shape index (κ1) is 14.1. The third-order valence-corrected chi connectivity index (χ3v) is 4.33. The molecule has 2 unspecified atom stereocenters. The van der Waals surface area contributed by atoms with Gasteiger partial charge in [-0.3, -0.25) is 9.59 Å². The summed E-state index contributed by atoms with van der Waals surface area (Å²) in [7, 11) is 0. The van der Waals surface area contributed by atoms with Gasteiger partial charge < -0.3 is 14.3 Å². The molecular formula is C15H21N3O3. The van der Waals surface area contributed by atoms with Crippen LogP contribution in [0.25, 0.3) is 0 Å². The molecule has 6 heteroatoms. The smallest absolute Gasteiger partial charge is 0.246 e. The van der Waals surface area contributed by atoms with Crippen molar-refractivity contribution in [3.05, 3.63) is 17.5 Å². The lowest BCUT2D eigenvalue weighted by atomic mass is 9.95. The summed E-state index contributed by atoms with van der Waals surface area (Å²) in [5.74, 6) is 0.916. The summed E-state index contributed by atoms with van der Waals surface area (Å²) >= 11 is 0. The van der Waals surface area contributed by atoms with Gasteiger partial charge in [-0.25, -0.2) is 0 Å². The standard InChI is InChI=1S/C15H21N3O3/c1-9(2)13-15(20)17-6-4-5-12(17)14(19)18(13)8-11-7-10(3)21-16-11/h7,9,12-13H,4-6,8H2,1-3H3.